The molecule has 0 bridgehead atoms. The summed E-state index contributed by atoms with van der Waals surface area (Å²) in [5.74, 6) is 2.43. The number of ether oxygens (including phenoxy) is 2. The summed E-state index contributed by atoms with van der Waals surface area (Å²) >= 11 is 3.47. The number of halogens is 2. The second-order valence-corrected chi connectivity index (χ2v) is 8.83. The molecule has 25 heavy (non-hydrogen) atoms. The minimum Gasteiger partial charge on any atom is -0.454 e. The zero-order valence-electron chi connectivity index (χ0n) is 13.7. The molecule has 0 radical (unpaired) electrons. The molecule has 2 aliphatic rings. The Kier molecular flexibility index (Phi) is 7.20. The number of hydrogen-bond donors (Lipinski definition) is 2. The Bertz CT molecular complexity index is 757. The van der Waals surface area contributed by atoms with Gasteiger partial charge in [0.05, 0.1) is 22.5 Å². The summed E-state index contributed by atoms with van der Waals surface area (Å²) in [4.78, 5) is 4.54. The van der Waals surface area contributed by atoms with Crippen molar-refractivity contribution in [3.05, 3.63) is 22.2 Å². The van der Waals surface area contributed by atoms with Gasteiger partial charge in [-0.15, -0.1) is 24.0 Å². The van der Waals surface area contributed by atoms with E-state index in [0.29, 0.717) is 37.0 Å². The van der Waals surface area contributed by atoms with Crippen LogP contribution in [0.5, 0.6) is 11.5 Å². The van der Waals surface area contributed by atoms with Gasteiger partial charge in [0.15, 0.2) is 27.3 Å². The van der Waals surface area contributed by atoms with Crippen LogP contribution in [0.4, 0.5) is 0 Å². The van der Waals surface area contributed by atoms with Crippen molar-refractivity contribution in [3.63, 3.8) is 0 Å². The average Bonchev–Trinajstić information content (AvgIpc) is 3.11. The van der Waals surface area contributed by atoms with Gasteiger partial charge in [0.25, 0.3) is 0 Å². The van der Waals surface area contributed by atoms with Crippen LogP contribution in [0, 0.1) is 0 Å². The molecule has 140 valence electrons. The van der Waals surface area contributed by atoms with E-state index in [-0.39, 0.29) is 48.3 Å². The van der Waals surface area contributed by atoms with Crippen LogP contribution in [0.1, 0.15) is 18.9 Å². The number of benzene rings is 1. The van der Waals surface area contributed by atoms with Crippen LogP contribution in [0.3, 0.4) is 0 Å². The molecule has 1 atom stereocenters. The standard InChI is InChI=1S/C15H20BrN3O4S.HI/c1-2-17-15(19-11-3-4-24(20,21)8-11)18-7-10-5-12(16)14-13(6-10)22-9-23-14;/h5-6,11H,2-4,7-9H2,1H3,(H2,17,18,19);1H. The SMILES string of the molecule is CCNC(=NCc1cc(Br)c2c(c1)OCO2)NC1CCS(=O)(=O)C1.I. The first-order valence-corrected chi connectivity index (χ1v) is 10.4. The molecule has 2 heterocycles. The van der Waals surface area contributed by atoms with Crippen molar-refractivity contribution < 1.29 is 17.9 Å². The van der Waals surface area contributed by atoms with Gasteiger partial charge in [0.2, 0.25) is 6.79 Å². The molecule has 1 saturated heterocycles. The second-order valence-electron chi connectivity index (χ2n) is 5.75. The Morgan fingerprint density at radius 2 is 2.20 bits per heavy atom. The molecule has 1 aromatic rings. The lowest BCUT2D eigenvalue weighted by atomic mass is 10.2. The minimum atomic E-state index is -2.92. The molecule has 10 heteroatoms. The van der Waals surface area contributed by atoms with Gasteiger partial charge < -0.3 is 20.1 Å². The molecule has 1 unspecified atom stereocenters. The van der Waals surface area contributed by atoms with Crippen molar-refractivity contribution >= 4 is 55.7 Å². The third-order valence-electron chi connectivity index (χ3n) is 3.82. The van der Waals surface area contributed by atoms with Crippen LogP contribution in [-0.2, 0) is 16.4 Å². The smallest absolute Gasteiger partial charge is 0.231 e. The Morgan fingerprint density at radius 1 is 1.40 bits per heavy atom. The monoisotopic (exact) mass is 545 g/mol. The van der Waals surface area contributed by atoms with Gasteiger partial charge in [0, 0.05) is 12.6 Å². The highest BCUT2D eigenvalue weighted by Crippen LogP contribution is 2.40. The van der Waals surface area contributed by atoms with Crippen LogP contribution in [0.2, 0.25) is 0 Å². The van der Waals surface area contributed by atoms with E-state index in [0.717, 1.165) is 10.0 Å². The quantitative estimate of drug-likeness (QED) is 0.342. The van der Waals surface area contributed by atoms with E-state index < -0.39 is 9.84 Å². The molecule has 2 aliphatic heterocycles. The lowest BCUT2D eigenvalue weighted by molar-refractivity contribution is 0.173. The molecule has 0 saturated carbocycles. The summed E-state index contributed by atoms with van der Waals surface area (Å²) in [5, 5.41) is 6.35. The zero-order chi connectivity index (χ0) is 17.2. The zero-order valence-corrected chi connectivity index (χ0v) is 18.5. The molecule has 0 aromatic heterocycles. The summed E-state index contributed by atoms with van der Waals surface area (Å²) in [6, 6.07) is 3.76. The lowest BCUT2D eigenvalue weighted by Gasteiger charge is -2.16. The first-order valence-electron chi connectivity index (χ1n) is 7.80. The number of fused-ring (bicyclic) bond motifs is 1. The van der Waals surface area contributed by atoms with E-state index in [1.807, 2.05) is 19.1 Å². The van der Waals surface area contributed by atoms with E-state index in [1.54, 1.807) is 0 Å². The third-order valence-corrected chi connectivity index (χ3v) is 6.18. The van der Waals surface area contributed by atoms with E-state index >= 15 is 0 Å². The first-order chi connectivity index (χ1) is 11.5. The lowest BCUT2D eigenvalue weighted by Crippen LogP contribution is -2.44. The Hall–Kier alpha value is -0.750. The van der Waals surface area contributed by atoms with Gasteiger partial charge in [-0.05, 0) is 47.0 Å². The topological polar surface area (TPSA) is 89.0 Å². The molecule has 1 aromatic carbocycles. The molecule has 0 spiro atoms. The van der Waals surface area contributed by atoms with Crippen molar-refractivity contribution in [1.29, 1.82) is 0 Å². The largest absolute Gasteiger partial charge is 0.454 e. The number of guanidine groups is 1. The van der Waals surface area contributed by atoms with E-state index in [2.05, 4.69) is 31.6 Å². The highest BCUT2D eigenvalue weighted by atomic mass is 127. The Morgan fingerprint density at radius 3 is 2.88 bits per heavy atom. The van der Waals surface area contributed by atoms with Crippen LogP contribution in [0.25, 0.3) is 0 Å². The molecule has 0 aliphatic carbocycles. The van der Waals surface area contributed by atoms with Crippen LogP contribution in [0.15, 0.2) is 21.6 Å². The van der Waals surface area contributed by atoms with Gasteiger partial charge in [-0.1, -0.05) is 0 Å². The molecule has 0 amide bonds. The number of nitrogens with zero attached hydrogens (tertiary/aromatic N) is 1. The van der Waals surface area contributed by atoms with Gasteiger partial charge in [0.1, 0.15) is 0 Å². The maximum absolute atomic E-state index is 11.6. The minimum absolute atomic E-state index is 0. The normalized spacial score (nSPS) is 20.9. The number of hydrogen-bond acceptors (Lipinski definition) is 5. The molecule has 7 nitrogen and oxygen atoms in total. The van der Waals surface area contributed by atoms with Gasteiger partial charge in [-0.3, -0.25) is 0 Å². The fourth-order valence-corrected chi connectivity index (χ4v) is 4.98. The summed E-state index contributed by atoms with van der Waals surface area (Å²) in [5.41, 5.74) is 0.974. The number of rotatable bonds is 4. The summed E-state index contributed by atoms with van der Waals surface area (Å²) < 4.78 is 34.8. The third kappa shape index (κ3) is 5.36. The first kappa shape index (κ1) is 20.6. The van der Waals surface area contributed by atoms with Crippen molar-refractivity contribution in [2.75, 3.05) is 24.8 Å². The van der Waals surface area contributed by atoms with Crippen LogP contribution < -0.4 is 20.1 Å². The number of sulfone groups is 1. The predicted octanol–water partition coefficient (Wildman–Crippen LogP) is 2.04. The van der Waals surface area contributed by atoms with Gasteiger partial charge >= 0.3 is 0 Å². The number of aliphatic imine (C=N–C) groups is 1. The highest BCUT2D eigenvalue weighted by molar-refractivity contribution is 14.0. The maximum atomic E-state index is 11.6. The van der Waals surface area contributed by atoms with Crippen molar-refractivity contribution in [2.24, 2.45) is 4.99 Å². The molecule has 2 N–H and O–H groups in total. The van der Waals surface area contributed by atoms with Crippen molar-refractivity contribution in [3.8, 4) is 11.5 Å². The van der Waals surface area contributed by atoms with Gasteiger partial charge in [-0.2, -0.15) is 0 Å². The molecular weight excluding hydrogens is 525 g/mol. The molecule has 3 rings (SSSR count). The van der Waals surface area contributed by atoms with E-state index in [9.17, 15) is 8.42 Å². The van der Waals surface area contributed by atoms with E-state index in [4.69, 9.17) is 9.47 Å². The predicted molar refractivity (Wildman–Crippen MR) is 111 cm³/mol. The summed E-state index contributed by atoms with van der Waals surface area (Å²) in [6.45, 7) is 3.35. The van der Waals surface area contributed by atoms with Crippen LogP contribution >= 0.6 is 39.9 Å². The van der Waals surface area contributed by atoms with E-state index in [1.165, 1.54) is 0 Å². The average molecular weight is 546 g/mol. The van der Waals surface area contributed by atoms with Crippen molar-refractivity contribution in [2.45, 2.75) is 25.9 Å². The Labute approximate surface area is 173 Å². The summed E-state index contributed by atoms with van der Waals surface area (Å²) in [7, 11) is -2.92. The number of nitrogens with one attached hydrogen (secondary N) is 2. The Balaban J connectivity index is 0.00000225. The second kappa shape index (κ2) is 8.76. The molecule has 1 fully saturated rings. The van der Waals surface area contributed by atoms with Crippen LogP contribution in [-0.4, -0.2) is 45.3 Å². The molecular formula is C15H21BrIN3O4S. The fraction of sp³-hybridized carbons (Fsp3) is 0.533. The highest BCUT2D eigenvalue weighted by Gasteiger charge is 2.28. The maximum Gasteiger partial charge on any atom is 0.231 e. The van der Waals surface area contributed by atoms with Gasteiger partial charge in [-0.25, -0.2) is 13.4 Å². The summed E-state index contributed by atoms with van der Waals surface area (Å²) in [6.07, 6.45) is 0.613. The fourth-order valence-electron chi connectivity index (χ4n) is 2.70. The van der Waals surface area contributed by atoms with Crippen molar-refractivity contribution in [1.82, 2.24) is 10.6 Å².